The third-order valence-electron chi connectivity index (χ3n) is 2.89. The number of halogens is 1. The Kier molecular flexibility index (Phi) is 3.92. The van der Waals surface area contributed by atoms with Crippen molar-refractivity contribution in [1.82, 2.24) is 4.57 Å². The van der Waals surface area contributed by atoms with Crippen LogP contribution in [0.15, 0.2) is 30.5 Å². The molecule has 0 fully saturated rings. The number of fused-ring (bicyclic) bond motifs is 1. The SMILES string of the molecule is CCOC(=O)C(C)Cn1ccc2cc(Cl)ccc21. The number of benzene rings is 1. The van der Waals surface area contributed by atoms with Crippen molar-refractivity contribution < 1.29 is 9.53 Å². The lowest BCUT2D eigenvalue weighted by Gasteiger charge is -2.12. The molecule has 0 aliphatic carbocycles. The lowest BCUT2D eigenvalue weighted by molar-refractivity contribution is -0.147. The van der Waals surface area contributed by atoms with Gasteiger partial charge in [-0.15, -0.1) is 0 Å². The zero-order valence-corrected chi connectivity index (χ0v) is 11.3. The van der Waals surface area contributed by atoms with Gasteiger partial charge in [0.1, 0.15) is 0 Å². The topological polar surface area (TPSA) is 31.2 Å². The maximum Gasteiger partial charge on any atom is 0.310 e. The molecule has 0 saturated carbocycles. The van der Waals surface area contributed by atoms with E-state index in [-0.39, 0.29) is 11.9 Å². The summed E-state index contributed by atoms with van der Waals surface area (Å²) < 4.78 is 7.06. The number of nitrogens with zero attached hydrogens (tertiary/aromatic N) is 1. The predicted octanol–water partition coefficient (Wildman–Crippen LogP) is 3.49. The van der Waals surface area contributed by atoms with Gasteiger partial charge in [0.2, 0.25) is 0 Å². The van der Waals surface area contributed by atoms with E-state index in [9.17, 15) is 4.79 Å². The molecule has 1 aromatic carbocycles. The summed E-state index contributed by atoms with van der Waals surface area (Å²) in [7, 11) is 0. The maximum absolute atomic E-state index is 11.6. The van der Waals surface area contributed by atoms with Gasteiger partial charge in [0.05, 0.1) is 12.5 Å². The average molecular weight is 266 g/mol. The first kappa shape index (κ1) is 13.0. The summed E-state index contributed by atoms with van der Waals surface area (Å²) in [5.74, 6) is -0.315. The molecule has 0 bridgehead atoms. The highest BCUT2D eigenvalue weighted by atomic mass is 35.5. The van der Waals surface area contributed by atoms with Crippen LogP contribution in [-0.4, -0.2) is 17.1 Å². The number of esters is 1. The van der Waals surface area contributed by atoms with Gasteiger partial charge in [0, 0.05) is 28.7 Å². The van der Waals surface area contributed by atoms with Crippen molar-refractivity contribution in [1.29, 1.82) is 0 Å². The number of ether oxygens (including phenoxy) is 1. The molecular weight excluding hydrogens is 250 g/mol. The summed E-state index contributed by atoms with van der Waals surface area (Å²) in [6.07, 6.45) is 1.97. The van der Waals surface area contributed by atoms with E-state index < -0.39 is 0 Å². The number of hydrogen-bond acceptors (Lipinski definition) is 2. The summed E-state index contributed by atoms with van der Waals surface area (Å²) >= 11 is 5.94. The first-order valence-corrected chi connectivity index (χ1v) is 6.40. The molecule has 1 atom stereocenters. The Hall–Kier alpha value is -1.48. The molecule has 0 aliphatic heterocycles. The fourth-order valence-corrected chi connectivity index (χ4v) is 2.16. The van der Waals surface area contributed by atoms with E-state index in [0.717, 1.165) is 15.9 Å². The first-order chi connectivity index (χ1) is 8.61. The normalized spacial score (nSPS) is 12.6. The molecule has 1 heterocycles. The molecule has 2 aromatic rings. The van der Waals surface area contributed by atoms with E-state index in [1.807, 2.05) is 48.9 Å². The third kappa shape index (κ3) is 2.67. The molecule has 2 rings (SSSR count). The molecule has 3 nitrogen and oxygen atoms in total. The summed E-state index contributed by atoms with van der Waals surface area (Å²) in [5.41, 5.74) is 1.08. The molecule has 0 saturated heterocycles. The molecule has 4 heteroatoms. The summed E-state index contributed by atoms with van der Waals surface area (Å²) in [5, 5.41) is 1.80. The second-order valence-corrected chi connectivity index (χ2v) is 4.76. The zero-order chi connectivity index (χ0) is 13.1. The molecule has 18 heavy (non-hydrogen) atoms. The fourth-order valence-electron chi connectivity index (χ4n) is 1.98. The van der Waals surface area contributed by atoms with Gasteiger partial charge in [-0.1, -0.05) is 18.5 Å². The summed E-state index contributed by atoms with van der Waals surface area (Å²) in [4.78, 5) is 11.6. The van der Waals surface area contributed by atoms with Crippen molar-refractivity contribution in [2.45, 2.75) is 20.4 Å². The van der Waals surface area contributed by atoms with Gasteiger partial charge in [0.25, 0.3) is 0 Å². The van der Waals surface area contributed by atoms with E-state index >= 15 is 0 Å². The van der Waals surface area contributed by atoms with Crippen LogP contribution in [0.25, 0.3) is 10.9 Å². The zero-order valence-electron chi connectivity index (χ0n) is 10.5. The smallest absolute Gasteiger partial charge is 0.310 e. The Morgan fingerprint density at radius 3 is 2.94 bits per heavy atom. The van der Waals surface area contributed by atoms with E-state index in [4.69, 9.17) is 16.3 Å². The standard InChI is InChI=1S/C14H16ClNO2/c1-3-18-14(17)10(2)9-16-7-6-11-8-12(15)4-5-13(11)16/h4-8,10H,3,9H2,1-2H3. The average Bonchev–Trinajstić information content (AvgIpc) is 2.72. The minimum absolute atomic E-state index is 0.156. The Labute approximate surface area is 111 Å². The minimum Gasteiger partial charge on any atom is -0.466 e. The van der Waals surface area contributed by atoms with Crippen LogP contribution in [-0.2, 0) is 16.1 Å². The second-order valence-electron chi connectivity index (χ2n) is 4.32. The van der Waals surface area contributed by atoms with Crippen molar-refractivity contribution >= 4 is 28.5 Å². The number of carbonyl (C=O) groups is 1. The lowest BCUT2D eigenvalue weighted by atomic mass is 10.2. The van der Waals surface area contributed by atoms with Gasteiger partial charge in [-0.25, -0.2) is 0 Å². The molecule has 0 aliphatic rings. The summed E-state index contributed by atoms with van der Waals surface area (Å²) in [6, 6.07) is 7.74. The van der Waals surface area contributed by atoms with E-state index in [0.29, 0.717) is 13.2 Å². The van der Waals surface area contributed by atoms with Crippen molar-refractivity contribution in [3.8, 4) is 0 Å². The number of carbonyl (C=O) groups excluding carboxylic acids is 1. The second kappa shape index (κ2) is 5.44. The number of aromatic nitrogens is 1. The molecule has 96 valence electrons. The highest BCUT2D eigenvalue weighted by Crippen LogP contribution is 2.21. The van der Waals surface area contributed by atoms with Crippen LogP contribution in [0.3, 0.4) is 0 Å². The Balaban J connectivity index is 2.19. The monoisotopic (exact) mass is 265 g/mol. The largest absolute Gasteiger partial charge is 0.466 e. The molecule has 1 aromatic heterocycles. The van der Waals surface area contributed by atoms with Crippen LogP contribution >= 0.6 is 11.6 Å². The van der Waals surface area contributed by atoms with E-state index in [1.165, 1.54) is 0 Å². The first-order valence-electron chi connectivity index (χ1n) is 6.03. The molecular formula is C14H16ClNO2. The van der Waals surface area contributed by atoms with Crippen molar-refractivity contribution in [2.75, 3.05) is 6.61 Å². The molecule has 0 radical (unpaired) electrons. The van der Waals surface area contributed by atoms with E-state index in [1.54, 1.807) is 0 Å². The summed E-state index contributed by atoms with van der Waals surface area (Å²) in [6.45, 7) is 4.73. The van der Waals surface area contributed by atoms with Crippen LogP contribution in [0, 0.1) is 5.92 Å². The molecule has 0 spiro atoms. The minimum atomic E-state index is -0.159. The predicted molar refractivity (Wildman–Crippen MR) is 72.7 cm³/mol. The Morgan fingerprint density at radius 2 is 2.22 bits per heavy atom. The van der Waals surface area contributed by atoms with Crippen molar-refractivity contribution in [2.24, 2.45) is 5.92 Å². The highest BCUT2D eigenvalue weighted by Gasteiger charge is 2.15. The Bertz CT molecular complexity index is 562. The van der Waals surface area contributed by atoms with Crippen LogP contribution in [0.1, 0.15) is 13.8 Å². The third-order valence-corrected chi connectivity index (χ3v) is 3.13. The lowest BCUT2D eigenvalue weighted by Crippen LogP contribution is -2.19. The van der Waals surface area contributed by atoms with Gasteiger partial charge in [-0.2, -0.15) is 0 Å². The number of hydrogen-bond donors (Lipinski definition) is 0. The van der Waals surface area contributed by atoms with Crippen molar-refractivity contribution in [3.05, 3.63) is 35.5 Å². The van der Waals surface area contributed by atoms with Gasteiger partial charge in [-0.05, 0) is 31.2 Å². The maximum atomic E-state index is 11.6. The molecule has 1 unspecified atom stereocenters. The molecule has 0 amide bonds. The quantitative estimate of drug-likeness (QED) is 0.793. The fraction of sp³-hybridized carbons (Fsp3) is 0.357. The van der Waals surface area contributed by atoms with Gasteiger partial charge < -0.3 is 9.30 Å². The van der Waals surface area contributed by atoms with Crippen LogP contribution in [0.2, 0.25) is 5.02 Å². The van der Waals surface area contributed by atoms with Gasteiger partial charge >= 0.3 is 5.97 Å². The van der Waals surface area contributed by atoms with Gasteiger partial charge in [-0.3, -0.25) is 4.79 Å². The Morgan fingerprint density at radius 1 is 1.44 bits per heavy atom. The number of rotatable bonds is 4. The van der Waals surface area contributed by atoms with Crippen molar-refractivity contribution in [3.63, 3.8) is 0 Å². The molecule has 0 N–H and O–H groups in total. The van der Waals surface area contributed by atoms with Crippen LogP contribution in [0.5, 0.6) is 0 Å². The highest BCUT2D eigenvalue weighted by molar-refractivity contribution is 6.31. The van der Waals surface area contributed by atoms with E-state index in [2.05, 4.69) is 0 Å². The van der Waals surface area contributed by atoms with Crippen LogP contribution < -0.4 is 0 Å². The van der Waals surface area contributed by atoms with Crippen LogP contribution in [0.4, 0.5) is 0 Å². The van der Waals surface area contributed by atoms with Gasteiger partial charge in [0.15, 0.2) is 0 Å².